The molecule has 0 saturated carbocycles. The summed E-state index contributed by atoms with van der Waals surface area (Å²) < 4.78 is 1.89. The van der Waals surface area contributed by atoms with Gasteiger partial charge in [0, 0.05) is 38.4 Å². The monoisotopic (exact) mass is 289 g/mol. The van der Waals surface area contributed by atoms with Crippen molar-refractivity contribution in [2.24, 2.45) is 13.0 Å². The lowest BCUT2D eigenvalue weighted by atomic mass is 9.97. The van der Waals surface area contributed by atoms with E-state index >= 15 is 0 Å². The first-order chi connectivity index (χ1) is 10.1. The molecule has 21 heavy (non-hydrogen) atoms. The Balaban J connectivity index is 1.95. The Bertz CT molecular complexity index is 603. The molecule has 2 unspecified atom stereocenters. The first-order valence-electron chi connectivity index (χ1n) is 7.50. The van der Waals surface area contributed by atoms with Crippen LogP contribution in [0, 0.1) is 5.92 Å². The SMILES string of the molecule is CC(C)C(O)CN1CCc2[nH]cnc2C1c1ccnn1C. The molecule has 6 heteroatoms. The predicted molar refractivity (Wildman–Crippen MR) is 79.8 cm³/mol. The van der Waals surface area contributed by atoms with Gasteiger partial charge >= 0.3 is 0 Å². The van der Waals surface area contributed by atoms with Gasteiger partial charge in [0.2, 0.25) is 0 Å². The van der Waals surface area contributed by atoms with E-state index in [2.05, 4.69) is 20.0 Å². The van der Waals surface area contributed by atoms with Gasteiger partial charge in [-0.1, -0.05) is 13.8 Å². The van der Waals surface area contributed by atoms with Gasteiger partial charge in [0.25, 0.3) is 0 Å². The minimum Gasteiger partial charge on any atom is -0.392 e. The third kappa shape index (κ3) is 2.61. The molecule has 0 aliphatic carbocycles. The highest BCUT2D eigenvalue weighted by molar-refractivity contribution is 5.28. The molecule has 3 heterocycles. The van der Waals surface area contributed by atoms with E-state index in [-0.39, 0.29) is 18.1 Å². The average Bonchev–Trinajstić information content (AvgIpc) is 3.07. The van der Waals surface area contributed by atoms with Gasteiger partial charge in [-0.25, -0.2) is 4.98 Å². The summed E-state index contributed by atoms with van der Waals surface area (Å²) in [6.45, 7) is 5.66. The lowest BCUT2D eigenvalue weighted by Crippen LogP contribution is -2.42. The maximum Gasteiger partial charge on any atom is 0.0966 e. The van der Waals surface area contributed by atoms with Crippen molar-refractivity contribution in [2.45, 2.75) is 32.4 Å². The van der Waals surface area contributed by atoms with Gasteiger partial charge < -0.3 is 10.1 Å². The van der Waals surface area contributed by atoms with Gasteiger partial charge in [-0.05, 0) is 12.0 Å². The predicted octanol–water partition coefficient (Wildman–Crippen LogP) is 1.11. The van der Waals surface area contributed by atoms with Crippen molar-refractivity contribution >= 4 is 0 Å². The van der Waals surface area contributed by atoms with Crippen molar-refractivity contribution in [2.75, 3.05) is 13.1 Å². The van der Waals surface area contributed by atoms with Crippen LogP contribution in [0.1, 0.15) is 37.0 Å². The minimum absolute atomic E-state index is 0.0564. The van der Waals surface area contributed by atoms with Gasteiger partial charge in [0.15, 0.2) is 0 Å². The maximum atomic E-state index is 10.3. The molecule has 0 fully saturated rings. The topological polar surface area (TPSA) is 70.0 Å². The van der Waals surface area contributed by atoms with Crippen molar-refractivity contribution in [3.63, 3.8) is 0 Å². The summed E-state index contributed by atoms with van der Waals surface area (Å²) in [5, 5.41) is 14.6. The number of aliphatic hydroxyl groups is 1. The van der Waals surface area contributed by atoms with E-state index in [0.29, 0.717) is 6.54 Å². The zero-order valence-corrected chi connectivity index (χ0v) is 12.8. The summed E-state index contributed by atoms with van der Waals surface area (Å²) in [6, 6.07) is 2.09. The largest absolute Gasteiger partial charge is 0.392 e. The smallest absolute Gasteiger partial charge is 0.0966 e. The molecule has 2 atom stereocenters. The van der Waals surface area contributed by atoms with E-state index in [9.17, 15) is 5.11 Å². The number of H-pyrrole nitrogens is 1. The van der Waals surface area contributed by atoms with Crippen LogP contribution >= 0.6 is 0 Å². The number of hydrogen-bond donors (Lipinski definition) is 2. The van der Waals surface area contributed by atoms with Crippen molar-refractivity contribution in [1.82, 2.24) is 24.6 Å². The normalized spacial score (nSPS) is 20.7. The van der Waals surface area contributed by atoms with E-state index in [1.807, 2.05) is 37.8 Å². The van der Waals surface area contributed by atoms with Gasteiger partial charge in [-0.3, -0.25) is 9.58 Å². The fraction of sp³-hybridized carbons (Fsp3) is 0.600. The van der Waals surface area contributed by atoms with Crippen LogP contribution in [0.15, 0.2) is 18.6 Å². The highest BCUT2D eigenvalue weighted by atomic mass is 16.3. The molecule has 6 nitrogen and oxygen atoms in total. The molecule has 2 aromatic heterocycles. The van der Waals surface area contributed by atoms with Crippen LogP contribution in [0.3, 0.4) is 0 Å². The fourth-order valence-corrected chi connectivity index (χ4v) is 2.95. The van der Waals surface area contributed by atoms with Crippen molar-refractivity contribution < 1.29 is 5.11 Å². The summed E-state index contributed by atoms with van der Waals surface area (Å²) in [5.74, 6) is 0.248. The van der Waals surface area contributed by atoms with Crippen LogP contribution in [0.2, 0.25) is 0 Å². The van der Waals surface area contributed by atoms with Crippen molar-refractivity contribution in [3.8, 4) is 0 Å². The van der Waals surface area contributed by atoms with Crippen LogP contribution in [-0.2, 0) is 13.5 Å². The standard InChI is InChI=1S/C15H23N5O/c1-10(2)13(21)8-20-7-5-11-14(17-9-16-11)15(20)12-4-6-18-19(12)3/h4,6,9-10,13,15,21H,5,7-8H2,1-3H3,(H,16,17). The molecule has 114 valence electrons. The molecule has 0 bridgehead atoms. The van der Waals surface area contributed by atoms with Crippen molar-refractivity contribution in [3.05, 3.63) is 35.7 Å². The Morgan fingerprint density at radius 3 is 2.95 bits per heavy atom. The van der Waals surface area contributed by atoms with Crippen LogP contribution in [0.5, 0.6) is 0 Å². The molecular formula is C15H23N5O. The number of fused-ring (bicyclic) bond motifs is 1. The number of aliphatic hydroxyl groups excluding tert-OH is 1. The summed E-state index contributed by atoms with van der Waals surface area (Å²) in [7, 11) is 1.95. The summed E-state index contributed by atoms with van der Waals surface area (Å²) in [4.78, 5) is 10.1. The van der Waals surface area contributed by atoms with Crippen LogP contribution < -0.4 is 0 Å². The van der Waals surface area contributed by atoms with Crippen LogP contribution in [0.4, 0.5) is 0 Å². The Morgan fingerprint density at radius 2 is 2.29 bits per heavy atom. The molecule has 2 N–H and O–H groups in total. The summed E-state index contributed by atoms with van der Waals surface area (Å²) >= 11 is 0. The van der Waals surface area contributed by atoms with E-state index in [1.54, 1.807) is 6.33 Å². The zero-order chi connectivity index (χ0) is 15.0. The average molecular weight is 289 g/mol. The highest BCUT2D eigenvalue weighted by Gasteiger charge is 2.33. The Morgan fingerprint density at radius 1 is 1.48 bits per heavy atom. The lowest BCUT2D eigenvalue weighted by molar-refractivity contribution is 0.0586. The van der Waals surface area contributed by atoms with Crippen LogP contribution in [0.25, 0.3) is 0 Å². The van der Waals surface area contributed by atoms with Gasteiger partial charge in [0.1, 0.15) is 0 Å². The highest BCUT2D eigenvalue weighted by Crippen LogP contribution is 2.33. The number of aromatic amines is 1. The second-order valence-electron chi connectivity index (χ2n) is 6.10. The minimum atomic E-state index is -0.332. The quantitative estimate of drug-likeness (QED) is 0.884. The molecule has 2 aromatic rings. The number of nitrogens with zero attached hydrogens (tertiary/aromatic N) is 4. The molecule has 0 radical (unpaired) electrons. The molecule has 0 saturated heterocycles. The summed E-state index contributed by atoms with van der Waals surface area (Å²) in [6.07, 6.45) is 4.18. The molecule has 0 amide bonds. The van der Waals surface area contributed by atoms with Gasteiger partial charge in [-0.2, -0.15) is 5.10 Å². The van der Waals surface area contributed by atoms with E-state index in [0.717, 1.165) is 24.4 Å². The molecule has 0 aromatic carbocycles. The van der Waals surface area contributed by atoms with Gasteiger partial charge in [0.05, 0.1) is 29.9 Å². The van der Waals surface area contributed by atoms with Gasteiger partial charge in [-0.15, -0.1) is 0 Å². The van der Waals surface area contributed by atoms with E-state index < -0.39 is 0 Å². The lowest BCUT2D eigenvalue weighted by Gasteiger charge is -2.36. The van der Waals surface area contributed by atoms with Crippen LogP contribution in [-0.4, -0.2) is 48.9 Å². The first-order valence-corrected chi connectivity index (χ1v) is 7.50. The second kappa shape index (κ2) is 5.61. The molecule has 3 rings (SSSR count). The Kier molecular flexibility index (Phi) is 3.82. The zero-order valence-electron chi connectivity index (χ0n) is 12.8. The molecule has 1 aliphatic heterocycles. The molecular weight excluding hydrogens is 266 g/mol. The second-order valence-corrected chi connectivity index (χ2v) is 6.10. The number of hydrogen-bond acceptors (Lipinski definition) is 4. The maximum absolute atomic E-state index is 10.3. The Labute approximate surface area is 124 Å². The number of imidazole rings is 1. The van der Waals surface area contributed by atoms with E-state index in [4.69, 9.17) is 0 Å². The number of β-amino-alcohol motifs (C(OH)–C–C–N with tert-alkyl or cyclic N) is 1. The number of rotatable bonds is 4. The third-order valence-electron chi connectivity index (χ3n) is 4.35. The molecule has 0 spiro atoms. The Hall–Kier alpha value is -1.66. The first kappa shape index (κ1) is 14.3. The molecule has 1 aliphatic rings. The third-order valence-corrected chi connectivity index (χ3v) is 4.35. The van der Waals surface area contributed by atoms with E-state index in [1.165, 1.54) is 5.69 Å². The number of nitrogens with one attached hydrogen (secondary N) is 1. The fourth-order valence-electron chi connectivity index (χ4n) is 2.95. The number of aromatic nitrogens is 4. The van der Waals surface area contributed by atoms with Crippen molar-refractivity contribution in [1.29, 1.82) is 0 Å². The number of aryl methyl sites for hydroxylation is 1. The summed E-state index contributed by atoms with van der Waals surface area (Å²) in [5.41, 5.74) is 3.36.